The van der Waals surface area contributed by atoms with Crippen LogP contribution in [-0.4, -0.2) is 17.0 Å². The molecule has 3 aliphatic carbocycles. The molecule has 3 rings (SSSR count). The molecule has 2 nitrogen and oxygen atoms in total. The molecule has 0 aliphatic heterocycles. The lowest BCUT2D eigenvalue weighted by Gasteiger charge is -2.39. The molecule has 4 atom stereocenters. The van der Waals surface area contributed by atoms with Gasteiger partial charge in [-0.15, -0.1) is 0 Å². The highest BCUT2D eigenvalue weighted by atomic mass is 16.3. The van der Waals surface area contributed by atoms with Crippen molar-refractivity contribution < 1.29 is 9.90 Å². The van der Waals surface area contributed by atoms with Crippen molar-refractivity contribution in [2.45, 2.75) is 12.5 Å². The van der Waals surface area contributed by atoms with E-state index in [-0.39, 0.29) is 17.6 Å². The van der Waals surface area contributed by atoms with Crippen molar-refractivity contribution in [1.82, 2.24) is 0 Å². The minimum Gasteiger partial charge on any atom is -0.388 e. The van der Waals surface area contributed by atoms with Gasteiger partial charge in [0.1, 0.15) is 0 Å². The fourth-order valence-electron chi connectivity index (χ4n) is 3.01. The summed E-state index contributed by atoms with van der Waals surface area (Å²) in [6, 6.07) is 0. The Morgan fingerprint density at radius 1 is 1.25 bits per heavy atom. The number of fused-ring (bicyclic) bond motifs is 3. The molecule has 0 bridgehead atoms. The van der Waals surface area contributed by atoms with Crippen LogP contribution in [0.2, 0.25) is 0 Å². The second kappa shape index (κ2) is 3.56. The molecule has 16 heavy (non-hydrogen) atoms. The highest BCUT2D eigenvalue weighted by Crippen LogP contribution is 2.42. The van der Waals surface area contributed by atoms with Gasteiger partial charge in [0.15, 0.2) is 5.78 Å². The second-order valence-electron chi connectivity index (χ2n) is 4.66. The van der Waals surface area contributed by atoms with Gasteiger partial charge < -0.3 is 5.11 Å². The molecule has 0 amide bonds. The number of carbonyl (C=O) groups is 1. The zero-order valence-electron chi connectivity index (χ0n) is 8.91. The first kappa shape index (κ1) is 9.79. The summed E-state index contributed by atoms with van der Waals surface area (Å²) in [5.41, 5.74) is 1.09. The number of allylic oxidation sites excluding steroid dienone is 7. The summed E-state index contributed by atoms with van der Waals surface area (Å²) in [5.74, 6) is 0.365. The SMILES string of the molecule is O=C1C=C2C=CC=CC2C2CC=CC(O)C12. The maximum atomic E-state index is 12.0. The summed E-state index contributed by atoms with van der Waals surface area (Å²) in [6.45, 7) is 0. The fraction of sp³-hybridized carbons (Fsp3) is 0.357. The lowest BCUT2D eigenvalue weighted by Crippen LogP contribution is -2.41. The van der Waals surface area contributed by atoms with Gasteiger partial charge in [0.25, 0.3) is 0 Å². The van der Waals surface area contributed by atoms with Crippen molar-refractivity contribution in [3.05, 3.63) is 48.1 Å². The molecule has 0 spiro atoms. The molecule has 0 saturated heterocycles. The van der Waals surface area contributed by atoms with E-state index < -0.39 is 6.10 Å². The molecule has 0 saturated carbocycles. The summed E-state index contributed by atoms with van der Waals surface area (Å²) in [7, 11) is 0. The first-order valence-electron chi connectivity index (χ1n) is 5.72. The molecule has 3 aliphatic rings. The maximum Gasteiger partial charge on any atom is 0.162 e. The average Bonchev–Trinajstić information content (AvgIpc) is 2.29. The Bertz CT molecular complexity index is 440. The molecule has 0 heterocycles. The molecule has 4 unspecified atom stereocenters. The zero-order valence-corrected chi connectivity index (χ0v) is 8.91. The minimum absolute atomic E-state index is 0.0769. The van der Waals surface area contributed by atoms with Crippen LogP contribution in [0.25, 0.3) is 0 Å². The van der Waals surface area contributed by atoms with Crippen LogP contribution in [0.4, 0.5) is 0 Å². The minimum atomic E-state index is -0.608. The molecule has 82 valence electrons. The largest absolute Gasteiger partial charge is 0.388 e. The predicted octanol–water partition coefficient (Wildman–Crippen LogP) is 1.79. The number of aliphatic hydroxyl groups excluding tert-OH is 1. The molecule has 0 aromatic carbocycles. The molecule has 1 N–H and O–H groups in total. The molecule has 0 fully saturated rings. The number of hydrogen-bond donors (Lipinski definition) is 1. The lowest BCUT2D eigenvalue weighted by atomic mass is 9.65. The highest BCUT2D eigenvalue weighted by molar-refractivity contribution is 5.95. The third kappa shape index (κ3) is 1.34. The summed E-state index contributed by atoms with van der Waals surface area (Å²) in [6.07, 6.45) is 13.9. The number of carbonyl (C=O) groups excluding carboxylic acids is 1. The van der Waals surface area contributed by atoms with E-state index >= 15 is 0 Å². The smallest absolute Gasteiger partial charge is 0.162 e. The van der Waals surface area contributed by atoms with Crippen molar-refractivity contribution in [2.75, 3.05) is 0 Å². The monoisotopic (exact) mass is 214 g/mol. The predicted molar refractivity (Wildman–Crippen MR) is 61.6 cm³/mol. The molecule has 2 heteroatoms. The van der Waals surface area contributed by atoms with E-state index in [1.54, 1.807) is 12.2 Å². The normalized spacial score (nSPS) is 40.3. The van der Waals surface area contributed by atoms with Gasteiger partial charge >= 0.3 is 0 Å². The quantitative estimate of drug-likeness (QED) is 0.624. The van der Waals surface area contributed by atoms with Gasteiger partial charge in [-0.25, -0.2) is 0 Å². The van der Waals surface area contributed by atoms with Gasteiger partial charge in [0.05, 0.1) is 12.0 Å². The zero-order chi connectivity index (χ0) is 11.1. The van der Waals surface area contributed by atoms with Crippen LogP contribution >= 0.6 is 0 Å². The Kier molecular flexibility index (Phi) is 2.18. The summed E-state index contributed by atoms with van der Waals surface area (Å²) in [4.78, 5) is 12.0. The Hall–Kier alpha value is -1.41. The number of rotatable bonds is 0. The van der Waals surface area contributed by atoms with E-state index in [9.17, 15) is 9.90 Å². The van der Waals surface area contributed by atoms with Crippen molar-refractivity contribution in [2.24, 2.45) is 17.8 Å². The van der Waals surface area contributed by atoms with Crippen LogP contribution in [0.1, 0.15) is 6.42 Å². The third-order valence-corrected chi connectivity index (χ3v) is 3.77. The number of ketones is 1. The van der Waals surface area contributed by atoms with E-state index in [0.717, 1.165) is 12.0 Å². The maximum absolute atomic E-state index is 12.0. The Labute approximate surface area is 94.7 Å². The van der Waals surface area contributed by atoms with Gasteiger partial charge in [-0.05, 0) is 24.0 Å². The van der Waals surface area contributed by atoms with Gasteiger partial charge in [0, 0.05) is 5.92 Å². The standard InChI is InChI=1S/C14H14O2/c15-12-7-3-6-11-10-5-2-1-4-9(10)8-13(16)14(11)12/h1-5,7-8,10-12,14-15H,6H2. The molecular formula is C14H14O2. The first-order chi connectivity index (χ1) is 7.77. The highest BCUT2D eigenvalue weighted by Gasteiger charge is 2.42. The van der Waals surface area contributed by atoms with Crippen LogP contribution in [0.5, 0.6) is 0 Å². The summed E-state index contributed by atoms with van der Waals surface area (Å²) < 4.78 is 0. The summed E-state index contributed by atoms with van der Waals surface area (Å²) in [5, 5.41) is 9.89. The van der Waals surface area contributed by atoms with Gasteiger partial charge in [-0.2, -0.15) is 0 Å². The van der Waals surface area contributed by atoms with E-state index in [1.165, 1.54) is 0 Å². The Morgan fingerprint density at radius 3 is 3.00 bits per heavy atom. The van der Waals surface area contributed by atoms with E-state index in [2.05, 4.69) is 6.08 Å². The fourth-order valence-corrected chi connectivity index (χ4v) is 3.01. The lowest BCUT2D eigenvalue weighted by molar-refractivity contribution is -0.124. The first-order valence-corrected chi connectivity index (χ1v) is 5.72. The Morgan fingerprint density at radius 2 is 2.12 bits per heavy atom. The topological polar surface area (TPSA) is 37.3 Å². The second-order valence-corrected chi connectivity index (χ2v) is 4.66. The third-order valence-electron chi connectivity index (χ3n) is 3.77. The number of aliphatic hydroxyl groups is 1. The van der Waals surface area contributed by atoms with Crippen molar-refractivity contribution >= 4 is 5.78 Å². The molecule has 0 aromatic rings. The van der Waals surface area contributed by atoms with Crippen molar-refractivity contribution in [3.63, 3.8) is 0 Å². The summed E-state index contributed by atoms with van der Waals surface area (Å²) >= 11 is 0. The van der Waals surface area contributed by atoms with Crippen LogP contribution in [0, 0.1) is 17.8 Å². The van der Waals surface area contributed by atoms with E-state index in [1.807, 2.05) is 24.3 Å². The van der Waals surface area contributed by atoms with Crippen LogP contribution < -0.4 is 0 Å². The average molecular weight is 214 g/mol. The van der Waals surface area contributed by atoms with Crippen LogP contribution in [-0.2, 0) is 4.79 Å². The van der Waals surface area contributed by atoms with Crippen LogP contribution in [0.15, 0.2) is 48.1 Å². The van der Waals surface area contributed by atoms with Crippen LogP contribution in [0.3, 0.4) is 0 Å². The van der Waals surface area contributed by atoms with E-state index in [4.69, 9.17) is 0 Å². The Balaban J connectivity index is 2.04. The molecule has 0 radical (unpaired) electrons. The van der Waals surface area contributed by atoms with Crippen molar-refractivity contribution in [3.8, 4) is 0 Å². The molecule has 0 aromatic heterocycles. The van der Waals surface area contributed by atoms with Crippen molar-refractivity contribution in [1.29, 1.82) is 0 Å². The van der Waals surface area contributed by atoms with Gasteiger partial charge in [-0.3, -0.25) is 4.79 Å². The van der Waals surface area contributed by atoms with E-state index in [0.29, 0.717) is 5.92 Å². The van der Waals surface area contributed by atoms with Gasteiger partial charge in [-0.1, -0.05) is 36.5 Å². The molecular weight excluding hydrogens is 200 g/mol. The number of hydrogen-bond acceptors (Lipinski definition) is 2. The van der Waals surface area contributed by atoms with Gasteiger partial charge in [0.2, 0.25) is 0 Å².